The van der Waals surface area contributed by atoms with E-state index >= 15 is 0 Å². The van der Waals surface area contributed by atoms with E-state index < -0.39 is 0 Å². The highest BCUT2D eigenvalue weighted by atomic mass is 32.1. The Morgan fingerprint density at radius 3 is 1.92 bits per heavy atom. The van der Waals surface area contributed by atoms with Crippen LogP contribution in [0.1, 0.15) is 0 Å². The maximum absolute atomic E-state index is 6.24. The summed E-state index contributed by atoms with van der Waals surface area (Å²) in [7, 11) is 0. The summed E-state index contributed by atoms with van der Waals surface area (Å²) in [5.74, 6) is 0. The lowest BCUT2D eigenvalue weighted by molar-refractivity contribution is 0.670. The molecule has 8 rings (SSSR count). The third-order valence-corrected chi connectivity index (χ3v) is 8.64. The van der Waals surface area contributed by atoms with Gasteiger partial charge < -0.3 is 9.73 Å². The molecule has 0 atom stereocenters. The Morgan fingerprint density at radius 1 is 0.462 bits per heavy atom. The third-order valence-electron chi connectivity index (χ3n) is 7.48. The van der Waals surface area contributed by atoms with Gasteiger partial charge in [0.1, 0.15) is 11.2 Å². The van der Waals surface area contributed by atoms with Gasteiger partial charge in [-0.3, -0.25) is 0 Å². The number of nitrogens with one attached hydrogen (secondary N) is 1. The molecule has 0 unspecified atom stereocenters. The largest absolute Gasteiger partial charge is 0.455 e. The lowest BCUT2D eigenvalue weighted by Crippen LogP contribution is -1.90. The van der Waals surface area contributed by atoms with E-state index in [0.717, 1.165) is 44.4 Å². The Morgan fingerprint density at radius 2 is 1.10 bits per heavy atom. The minimum Gasteiger partial charge on any atom is -0.455 e. The molecular weight excluding hydrogens is 494 g/mol. The molecule has 0 radical (unpaired) electrons. The Kier molecular flexibility index (Phi) is 5.04. The number of rotatable bonds is 4. The zero-order chi connectivity index (χ0) is 25.8. The normalized spacial score (nSPS) is 11.6. The summed E-state index contributed by atoms with van der Waals surface area (Å²) in [5.41, 5.74) is 8.66. The lowest BCUT2D eigenvalue weighted by atomic mass is 10.0. The summed E-state index contributed by atoms with van der Waals surface area (Å²) >= 11 is 1.85. The second-order valence-electron chi connectivity index (χ2n) is 9.87. The van der Waals surface area contributed by atoms with Gasteiger partial charge in [-0.15, -0.1) is 11.3 Å². The molecule has 184 valence electrons. The maximum Gasteiger partial charge on any atom is 0.143 e. The molecule has 8 aromatic rings. The SMILES string of the molecule is c1ccc2c(c1)oc1c(-c3ccc(Nc4ccc(-c5ccc6sc7ccccc7c6c5)cc4)cc3)cccc12. The van der Waals surface area contributed by atoms with Crippen LogP contribution in [0.5, 0.6) is 0 Å². The second-order valence-corrected chi connectivity index (χ2v) is 11.0. The summed E-state index contributed by atoms with van der Waals surface area (Å²) in [6, 6.07) is 47.2. The Labute approximate surface area is 229 Å². The van der Waals surface area contributed by atoms with Crippen LogP contribution in [0.15, 0.2) is 138 Å². The predicted octanol–water partition coefficient (Wildman–Crippen LogP) is 11.0. The first kappa shape index (κ1) is 22.2. The molecule has 6 aromatic carbocycles. The molecule has 0 aliphatic rings. The van der Waals surface area contributed by atoms with Gasteiger partial charge in [-0.05, 0) is 65.2 Å². The van der Waals surface area contributed by atoms with Crippen LogP contribution in [0.4, 0.5) is 11.4 Å². The van der Waals surface area contributed by atoms with Crippen molar-refractivity contribution in [3.63, 3.8) is 0 Å². The van der Waals surface area contributed by atoms with Crippen molar-refractivity contribution < 1.29 is 4.42 Å². The van der Waals surface area contributed by atoms with Crippen LogP contribution < -0.4 is 5.32 Å². The van der Waals surface area contributed by atoms with E-state index in [1.165, 1.54) is 31.3 Å². The van der Waals surface area contributed by atoms with Crippen LogP contribution >= 0.6 is 11.3 Å². The lowest BCUT2D eigenvalue weighted by Gasteiger charge is -2.10. The van der Waals surface area contributed by atoms with Gasteiger partial charge >= 0.3 is 0 Å². The highest BCUT2D eigenvalue weighted by Crippen LogP contribution is 2.38. The van der Waals surface area contributed by atoms with E-state index in [1.807, 2.05) is 23.5 Å². The quantitative estimate of drug-likeness (QED) is 0.251. The van der Waals surface area contributed by atoms with Gasteiger partial charge in [0.25, 0.3) is 0 Å². The van der Waals surface area contributed by atoms with Crippen molar-refractivity contribution in [2.45, 2.75) is 0 Å². The summed E-state index contributed by atoms with van der Waals surface area (Å²) in [6.45, 7) is 0. The van der Waals surface area contributed by atoms with Crippen molar-refractivity contribution in [2.24, 2.45) is 0 Å². The third kappa shape index (κ3) is 3.79. The molecule has 2 aromatic heterocycles. The molecule has 1 N–H and O–H groups in total. The van der Waals surface area contributed by atoms with Crippen LogP contribution in [0.3, 0.4) is 0 Å². The van der Waals surface area contributed by atoms with Crippen molar-refractivity contribution in [1.82, 2.24) is 0 Å². The van der Waals surface area contributed by atoms with Gasteiger partial charge in [0, 0.05) is 47.9 Å². The van der Waals surface area contributed by atoms with Gasteiger partial charge in [-0.1, -0.05) is 84.9 Å². The number of fused-ring (bicyclic) bond motifs is 6. The summed E-state index contributed by atoms with van der Waals surface area (Å²) in [6.07, 6.45) is 0. The Bertz CT molecular complexity index is 2130. The van der Waals surface area contributed by atoms with Crippen molar-refractivity contribution in [3.05, 3.63) is 133 Å². The number of para-hydroxylation sites is 2. The van der Waals surface area contributed by atoms with E-state index in [0.29, 0.717) is 0 Å². The van der Waals surface area contributed by atoms with Crippen molar-refractivity contribution in [1.29, 1.82) is 0 Å². The Balaban J connectivity index is 1.05. The molecule has 0 saturated heterocycles. The van der Waals surface area contributed by atoms with Crippen LogP contribution in [0.25, 0.3) is 64.4 Å². The predicted molar refractivity (Wildman–Crippen MR) is 167 cm³/mol. The standard InChI is InChI=1S/C36H23NOS/c1-3-10-33-29(6-1)31-9-5-8-28(36(31)38-33)24-14-19-27(20-15-24)37-26-17-12-23(13-18-26)25-16-21-35-32(22-25)30-7-2-4-11-34(30)39-35/h1-22,37H. The first-order chi connectivity index (χ1) is 19.3. The molecule has 0 saturated carbocycles. The van der Waals surface area contributed by atoms with E-state index in [4.69, 9.17) is 4.42 Å². The molecule has 0 spiro atoms. The number of benzene rings is 6. The molecule has 0 aliphatic heterocycles. The van der Waals surface area contributed by atoms with E-state index in [-0.39, 0.29) is 0 Å². The summed E-state index contributed by atoms with van der Waals surface area (Å²) in [5, 5.41) is 8.51. The average Bonchev–Trinajstić information content (AvgIpc) is 3.56. The molecule has 3 heteroatoms. The average molecular weight is 518 g/mol. The van der Waals surface area contributed by atoms with Gasteiger partial charge in [0.15, 0.2) is 0 Å². The number of hydrogen-bond donors (Lipinski definition) is 1. The molecule has 2 heterocycles. The van der Waals surface area contributed by atoms with Crippen LogP contribution in [-0.2, 0) is 0 Å². The molecule has 2 nitrogen and oxygen atoms in total. The smallest absolute Gasteiger partial charge is 0.143 e. The van der Waals surface area contributed by atoms with Crippen molar-refractivity contribution >= 4 is 64.8 Å². The van der Waals surface area contributed by atoms with Gasteiger partial charge in [-0.2, -0.15) is 0 Å². The molecule has 0 fully saturated rings. The van der Waals surface area contributed by atoms with Crippen molar-refractivity contribution in [3.8, 4) is 22.3 Å². The van der Waals surface area contributed by atoms with Gasteiger partial charge in [0.2, 0.25) is 0 Å². The molecule has 0 bridgehead atoms. The summed E-state index contributed by atoms with van der Waals surface area (Å²) < 4.78 is 8.91. The van der Waals surface area contributed by atoms with Crippen molar-refractivity contribution in [2.75, 3.05) is 5.32 Å². The first-order valence-electron chi connectivity index (χ1n) is 13.1. The van der Waals surface area contributed by atoms with E-state index in [9.17, 15) is 0 Å². The monoisotopic (exact) mass is 517 g/mol. The molecule has 0 aliphatic carbocycles. The maximum atomic E-state index is 6.24. The fourth-order valence-corrected chi connectivity index (χ4v) is 6.61. The highest BCUT2D eigenvalue weighted by Gasteiger charge is 2.12. The highest BCUT2D eigenvalue weighted by molar-refractivity contribution is 7.25. The van der Waals surface area contributed by atoms with Crippen LogP contribution in [0.2, 0.25) is 0 Å². The number of furan rings is 1. The topological polar surface area (TPSA) is 25.2 Å². The first-order valence-corrected chi connectivity index (χ1v) is 13.9. The number of anilines is 2. The number of hydrogen-bond acceptors (Lipinski definition) is 3. The van der Waals surface area contributed by atoms with Gasteiger partial charge in [-0.25, -0.2) is 0 Å². The van der Waals surface area contributed by atoms with Gasteiger partial charge in [0.05, 0.1) is 0 Å². The molecule has 39 heavy (non-hydrogen) atoms. The summed E-state index contributed by atoms with van der Waals surface area (Å²) in [4.78, 5) is 0. The fourth-order valence-electron chi connectivity index (χ4n) is 5.53. The molecule has 0 amide bonds. The molecular formula is C36H23NOS. The van der Waals surface area contributed by atoms with Crippen LogP contribution in [0, 0.1) is 0 Å². The fraction of sp³-hybridized carbons (Fsp3) is 0. The Hall–Kier alpha value is -4.86. The van der Waals surface area contributed by atoms with E-state index in [2.05, 4.69) is 127 Å². The minimum atomic E-state index is 0.922. The van der Waals surface area contributed by atoms with Crippen LogP contribution in [-0.4, -0.2) is 0 Å². The van der Waals surface area contributed by atoms with E-state index in [1.54, 1.807) is 0 Å². The minimum absolute atomic E-state index is 0.922. The zero-order valence-corrected chi connectivity index (χ0v) is 21.8. The number of thiophene rings is 1. The zero-order valence-electron chi connectivity index (χ0n) is 21.0. The second kappa shape index (κ2) is 8.87.